The van der Waals surface area contributed by atoms with Gasteiger partial charge in [-0.3, -0.25) is 0 Å². The van der Waals surface area contributed by atoms with Gasteiger partial charge in [-0.15, -0.1) is 0 Å². The Labute approximate surface area is 108 Å². The molecule has 1 atom stereocenters. The number of hydrogen-bond acceptors (Lipinski definition) is 3. The average molecular weight is 241 g/mol. The predicted molar refractivity (Wildman–Crippen MR) is 71.5 cm³/mol. The van der Waals surface area contributed by atoms with Gasteiger partial charge < -0.3 is 10.2 Å². The molecule has 0 aromatic heterocycles. The predicted octanol–water partition coefficient (Wildman–Crippen LogP) is 1.49. The highest BCUT2D eigenvalue weighted by atomic mass is 15.2. The van der Waals surface area contributed by atoms with E-state index in [1.807, 2.05) is 12.1 Å². The molecule has 1 aromatic carbocycles. The van der Waals surface area contributed by atoms with E-state index in [0.717, 1.165) is 44.7 Å². The Morgan fingerprint density at radius 1 is 1.33 bits per heavy atom. The van der Waals surface area contributed by atoms with Crippen LogP contribution in [0.1, 0.15) is 29.0 Å². The number of hydrogen-bond donors (Lipinski definition) is 1. The van der Waals surface area contributed by atoms with Gasteiger partial charge in [-0.25, -0.2) is 0 Å². The molecular formula is C15H19N3. The maximum Gasteiger partial charge on any atom is 0.0994 e. The van der Waals surface area contributed by atoms with E-state index in [4.69, 9.17) is 5.26 Å². The fourth-order valence-electron chi connectivity index (χ4n) is 3.24. The zero-order chi connectivity index (χ0) is 12.4. The molecule has 94 valence electrons. The van der Waals surface area contributed by atoms with Gasteiger partial charge in [-0.05, 0) is 36.0 Å². The molecule has 1 saturated heterocycles. The van der Waals surface area contributed by atoms with Gasteiger partial charge in [0.15, 0.2) is 0 Å². The number of fused-ring (bicyclic) bond motifs is 1. The molecule has 3 rings (SSSR count). The Morgan fingerprint density at radius 2 is 2.17 bits per heavy atom. The molecule has 0 saturated carbocycles. The molecule has 1 fully saturated rings. The van der Waals surface area contributed by atoms with Crippen molar-refractivity contribution >= 4 is 0 Å². The molecule has 0 amide bonds. The van der Waals surface area contributed by atoms with E-state index in [2.05, 4.69) is 22.4 Å². The molecule has 2 aliphatic rings. The molecule has 3 nitrogen and oxygen atoms in total. The lowest BCUT2D eigenvalue weighted by molar-refractivity contribution is 0.226. The van der Waals surface area contributed by atoms with Gasteiger partial charge in [-0.1, -0.05) is 12.1 Å². The summed E-state index contributed by atoms with van der Waals surface area (Å²) in [6.45, 7) is 5.69. The first-order chi connectivity index (χ1) is 8.88. The highest BCUT2D eigenvalue weighted by Gasteiger charge is 2.26. The SMILES string of the molecule is N#Cc1cccc2c1CC[C@H]2CN1CCNCC1. The number of piperazine rings is 1. The maximum atomic E-state index is 9.14. The summed E-state index contributed by atoms with van der Waals surface area (Å²) >= 11 is 0. The molecule has 0 radical (unpaired) electrons. The minimum Gasteiger partial charge on any atom is -0.314 e. The summed E-state index contributed by atoms with van der Waals surface area (Å²) in [6, 6.07) is 8.53. The smallest absolute Gasteiger partial charge is 0.0994 e. The van der Waals surface area contributed by atoms with Crippen molar-refractivity contribution < 1.29 is 0 Å². The molecule has 1 aliphatic carbocycles. The Balaban J connectivity index is 1.76. The summed E-state index contributed by atoms with van der Waals surface area (Å²) in [5, 5.41) is 12.5. The number of nitrogens with one attached hydrogen (secondary N) is 1. The minimum absolute atomic E-state index is 0.631. The van der Waals surface area contributed by atoms with Crippen molar-refractivity contribution in [3.8, 4) is 6.07 Å². The molecule has 18 heavy (non-hydrogen) atoms. The highest BCUT2D eigenvalue weighted by Crippen LogP contribution is 2.35. The summed E-state index contributed by atoms with van der Waals surface area (Å²) in [7, 11) is 0. The molecule has 1 aliphatic heterocycles. The fraction of sp³-hybridized carbons (Fsp3) is 0.533. The average Bonchev–Trinajstić information content (AvgIpc) is 2.83. The fourth-order valence-corrected chi connectivity index (χ4v) is 3.24. The van der Waals surface area contributed by atoms with Gasteiger partial charge >= 0.3 is 0 Å². The number of nitrogens with zero attached hydrogens (tertiary/aromatic N) is 2. The number of benzene rings is 1. The van der Waals surface area contributed by atoms with Crippen LogP contribution in [0.3, 0.4) is 0 Å². The standard InChI is InChI=1S/C15H19N3/c16-10-12-2-1-3-14-13(4-5-15(12)14)11-18-8-6-17-7-9-18/h1-3,13,17H,4-9,11H2/t13-/m0/s1. The Bertz CT molecular complexity index is 469. The molecule has 1 aromatic rings. The zero-order valence-electron chi connectivity index (χ0n) is 10.7. The molecule has 0 unspecified atom stereocenters. The summed E-state index contributed by atoms with van der Waals surface area (Å²) in [4.78, 5) is 2.55. The summed E-state index contributed by atoms with van der Waals surface area (Å²) < 4.78 is 0. The zero-order valence-corrected chi connectivity index (χ0v) is 10.7. The van der Waals surface area contributed by atoms with Gasteiger partial charge in [0.2, 0.25) is 0 Å². The first kappa shape index (κ1) is 11.7. The second-order valence-corrected chi connectivity index (χ2v) is 5.27. The Morgan fingerprint density at radius 3 is 2.94 bits per heavy atom. The third kappa shape index (κ3) is 2.14. The van der Waals surface area contributed by atoms with Crippen LogP contribution in [0.2, 0.25) is 0 Å². The van der Waals surface area contributed by atoms with E-state index in [1.54, 1.807) is 0 Å². The van der Waals surface area contributed by atoms with Crippen LogP contribution in [-0.4, -0.2) is 37.6 Å². The third-order valence-electron chi connectivity index (χ3n) is 4.20. The lowest BCUT2D eigenvalue weighted by atomic mass is 9.98. The van der Waals surface area contributed by atoms with E-state index in [0.29, 0.717) is 5.92 Å². The quantitative estimate of drug-likeness (QED) is 0.852. The Hall–Kier alpha value is -1.37. The number of rotatable bonds is 2. The van der Waals surface area contributed by atoms with Crippen molar-refractivity contribution in [3.63, 3.8) is 0 Å². The monoisotopic (exact) mass is 241 g/mol. The van der Waals surface area contributed by atoms with E-state index in [1.165, 1.54) is 17.5 Å². The Kier molecular flexibility index (Phi) is 3.31. The summed E-state index contributed by atoms with van der Waals surface area (Å²) in [6.07, 6.45) is 2.29. The van der Waals surface area contributed by atoms with E-state index < -0.39 is 0 Å². The molecule has 0 spiro atoms. The summed E-state index contributed by atoms with van der Waals surface area (Å²) in [5.74, 6) is 0.631. The number of nitriles is 1. The van der Waals surface area contributed by atoms with Crippen LogP contribution in [0.5, 0.6) is 0 Å². The van der Waals surface area contributed by atoms with E-state index in [9.17, 15) is 0 Å². The lowest BCUT2D eigenvalue weighted by Gasteiger charge is -2.29. The van der Waals surface area contributed by atoms with Gasteiger partial charge in [0.1, 0.15) is 0 Å². The van der Waals surface area contributed by atoms with Crippen molar-refractivity contribution in [2.45, 2.75) is 18.8 Å². The first-order valence-electron chi connectivity index (χ1n) is 6.83. The van der Waals surface area contributed by atoms with Gasteiger partial charge in [0.05, 0.1) is 11.6 Å². The summed E-state index contributed by atoms with van der Waals surface area (Å²) in [5.41, 5.74) is 3.61. The van der Waals surface area contributed by atoms with Crippen molar-refractivity contribution in [1.82, 2.24) is 10.2 Å². The second-order valence-electron chi connectivity index (χ2n) is 5.27. The van der Waals surface area contributed by atoms with Gasteiger partial charge in [0.25, 0.3) is 0 Å². The topological polar surface area (TPSA) is 39.1 Å². The van der Waals surface area contributed by atoms with Crippen molar-refractivity contribution in [2.24, 2.45) is 0 Å². The van der Waals surface area contributed by atoms with Crippen LogP contribution >= 0.6 is 0 Å². The van der Waals surface area contributed by atoms with Gasteiger partial charge in [0, 0.05) is 32.7 Å². The maximum absolute atomic E-state index is 9.14. The second kappa shape index (κ2) is 5.09. The first-order valence-corrected chi connectivity index (χ1v) is 6.83. The van der Waals surface area contributed by atoms with E-state index >= 15 is 0 Å². The molecule has 3 heteroatoms. The van der Waals surface area contributed by atoms with Gasteiger partial charge in [-0.2, -0.15) is 5.26 Å². The molecule has 0 bridgehead atoms. The minimum atomic E-state index is 0.631. The van der Waals surface area contributed by atoms with Crippen LogP contribution in [0.25, 0.3) is 0 Å². The van der Waals surface area contributed by atoms with Crippen LogP contribution < -0.4 is 5.32 Å². The largest absolute Gasteiger partial charge is 0.314 e. The van der Waals surface area contributed by atoms with Crippen molar-refractivity contribution in [2.75, 3.05) is 32.7 Å². The molecule has 1 heterocycles. The van der Waals surface area contributed by atoms with E-state index in [-0.39, 0.29) is 0 Å². The van der Waals surface area contributed by atoms with Crippen LogP contribution in [0.4, 0.5) is 0 Å². The van der Waals surface area contributed by atoms with Crippen LogP contribution in [-0.2, 0) is 6.42 Å². The third-order valence-corrected chi connectivity index (χ3v) is 4.20. The molecule has 1 N–H and O–H groups in total. The lowest BCUT2D eigenvalue weighted by Crippen LogP contribution is -2.44. The van der Waals surface area contributed by atoms with Crippen LogP contribution in [0.15, 0.2) is 18.2 Å². The highest BCUT2D eigenvalue weighted by molar-refractivity contribution is 5.47. The molecular weight excluding hydrogens is 222 g/mol. The van der Waals surface area contributed by atoms with Crippen molar-refractivity contribution in [3.05, 3.63) is 34.9 Å². The van der Waals surface area contributed by atoms with Crippen molar-refractivity contribution in [1.29, 1.82) is 5.26 Å². The van der Waals surface area contributed by atoms with Crippen LogP contribution in [0, 0.1) is 11.3 Å². The normalized spacial score (nSPS) is 23.6.